The van der Waals surface area contributed by atoms with Crippen LogP contribution in [0.15, 0.2) is 36.4 Å². The Kier molecular flexibility index (Phi) is 3.30. The molecule has 92 valence electrons. The van der Waals surface area contributed by atoms with Gasteiger partial charge in [0.1, 0.15) is 11.6 Å². The van der Waals surface area contributed by atoms with Crippen LogP contribution in [0.5, 0.6) is 0 Å². The SMILES string of the molecule is Nc1ccc(C(=O)c2cc(F)c(Cl)cc2F)cc1. The van der Waals surface area contributed by atoms with Gasteiger partial charge in [0.25, 0.3) is 0 Å². The molecular formula is C13H8ClF2NO. The maximum Gasteiger partial charge on any atom is 0.196 e. The van der Waals surface area contributed by atoms with E-state index >= 15 is 0 Å². The van der Waals surface area contributed by atoms with Crippen molar-refractivity contribution in [3.05, 3.63) is 64.2 Å². The van der Waals surface area contributed by atoms with Crippen LogP contribution in [-0.4, -0.2) is 5.78 Å². The number of hydrogen-bond donors (Lipinski definition) is 1. The zero-order valence-corrected chi connectivity index (χ0v) is 9.84. The summed E-state index contributed by atoms with van der Waals surface area (Å²) in [6, 6.07) is 7.49. The first-order valence-electron chi connectivity index (χ1n) is 5.04. The molecule has 2 nitrogen and oxygen atoms in total. The van der Waals surface area contributed by atoms with Gasteiger partial charge < -0.3 is 5.73 Å². The fourth-order valence-corrected chi connectivity index (χ4v) is 1.64. The molecule has 2 aromatic rings. The first kappa shape index (κ1) is 12.5. The minimum atomic E-state index is -0.858. The number of ketones is 1. The van der Waals surface area contributed by atoms with Gasteiger partial charge in [-0.2, -0.15) is 0 Å². The molecule has 5 heteroatoms. The molecule has 0 atom stereocenters. The normalized spacial score (nSPS) is 10.4. The topological polar surface area (TPSA) is 43.1 Å². The van der Waals surface area contributed by atoms with Crippen molar-refractivity contribution in [2.75, 3.05) is 5.73 Å². The Labute approximate surface area is 107 Å². The van der Waals surface area contributed by atoms with Crippen LogP contribution in [-0.2, 0) is 0 Å². The van der Waals surface area contributed by atoms with E-state index in [1.54, 1.807) is 0 Å². The summed E-state index contributed by atoms with van der Waals surface area (Å²) in [4.78, 5) is 12.0. The number of nitrogens with two attached hydrogens (primary N) is 1. The lowest BCUT2D eigenvalue weighted by molar-refractivity contribution is 0.103. The van der Waals surface area contributed by atoms with Crippen molar-refractivity contribution in [3.8, 4) is 0 Å². The number of anilines is 1. The van der Waals surface area contributed by atoms with Crippen LogP contribution >= 0.6 is 11.6 Å². The van der Waals surface area contributed by atoms with E-state index in [1.165, 1.54) is 24.3 Å². The van der Waals surface area contributed by atoms with Crippen molar-refractivity contribution in [1.82, 2.24) is 0 Å². The molecule has 2 aromatic carbocycles. The fourth-order valence-electron chi connectivity index (χ4n) is 1.49. The van der Waals surface area contributed by atoms with Gasteiger partial charge in [0.15, 0.2) is 5.78 Å². The number of carbonyl (C=O) groups excluding carboxylic acids is 1. The minimum Gasteiger partial charge on any atom is -0.399 e. The largest absolute Gasteiger partial charge is 0.399 e. The van der Waals surface area contributed by atoms with E-state index in [9.17, 15) is 13.6 Å². The smallest absolute Gasteiger partial charge is 0.196 e. The van der Waals surface area contributed by atoms with Gasteiger partial charge in [-0.25, -0.2) is 8.78 Å². The lowest BCUT2D eigenvalue weighted by atomic mass is 10.0. The van der Waals surface area contributed by atoms with E-state index in [2.05, 4.69) is 0 Å². The lowest BCUT2D eigenvalue weighted by Gasteiger charge is -2.04. The molecule has 18 heavy (non-hydrogen) atoms. The van der Waals surface area contributed by atoms with E-state index in [0.717, 1.165) is 12.1 Å². The third kappa shape index (κ3) is 2.33. The van der Waals surface area contributed by atoms with Crippen LogP contribution in [0, 0.1) is 11.6 Å². The second-order valence-corrected chi connectivity index (χ2v) is 4.10. The monoisotopic (exact) mass is 267 g/mol. The zero-order valence-electron chi connectivity index (χ0n) is 9.08. The van der Waals surface area contributed by atoms with E-state index in [0.29, 0.717) is 5.69 Å². The molecular weight excluding hydrogens is 260 g/mol. The molecule has 0 bridgehead atoms. The Morgan fingerprint density at radius 2 is 1.67 bits per heavy atom. The number of hydrogen-bond acceptors (Lipinski definition) is 2. The molecule has 0 spiro atoms. The highest BCUT2D eigenvalue weighted by molar-refractivity contribution is 6.30. The van der Waals surface area contributed by atoms with Gasteiger partial charge in [0.2, 0.25) is 0 Å². The molecule has 0 heterocycles. The number of benzene rings is 2. The molecule has 0 aliphatic heterocycles. The van der Waals surface area contributed by atoms with Gasteiger partial charge in [0.05, 0.1) is 10.6 Å². The van der Waals surface area contributed by atoms with E-state index in [4.69, 9.17) is 17.3 Å². The third-order valence-corrected chi connectivity index (χ3v) is 2.72. The third-order valence-electron chi connectivity index (χ3n) is 2.43. The van der Waals surface area contributed by atoms with Crippen LogP contribution in [0.2, 0.25) is 5.02 Å². The fraction of sp³-hybridized carbons (Fsp3) is 0. The summed E-state index contributed by atoms with van der Waals surface area (Å²) in [5.41, 5.74) is 5.82. The van der Waals surface area contributed by atoms with Gasteiger partial charge in [-0.05, 0) is 36.4 Å². The van der Waals surface area contributed by atoms with Crippen molar-refractivity contribution < 1.29 is 13.6 Å². The van der Waals surface area contributed by atoms with Crippen LogP contribution in [0.25, 0.3) is 0 Å². The van der Waals surface area contributed by atoms with Crippen LogP contribution in [0.3, 0.4) is 0 Å². The molecule has 0 radical (unpaired) electrons. The molecule has 0 saturated heterocycles. The molecule has 2 rings (SSSR count). The van der Waals surface area contributed by atoms with E-state index in [-0.39, 0.29) is 16.1 Å². The maximum atomic E-state index is 13.5. The molecule has 0 aliphatic rings. The Morgan fingerprint density at radius 1 is 1.06 bits per heavy atom. The highest BCUT2D eigenvalue weighted by Gasteiger charge is 2.16. The van der Waals surface area contributed by atoms with E-state index in [1.807, 2.05) is 0 Å². The molecule has 0 amide bonds. The van der Waals surface area contributed by atoms with Gasteiger partial charge in [0, 0.05) is 11.3 Å². The first-order chi connectivity index (χ1) is 8.49. The Balaban J connectivity index is 2.46. The lowest BCUT2D eigenvalue weighted by Crippen LogP contribution is -2.05. The van der Waals surface area contributed by atoms with Crippen LogP contribution in [0.4, 0.5) is 14.5 Å². The van der Waals surface area contributed by atoms with Gasteiger partial charge in [-0.1, -0.05) is 11.6 Å². The summed E-state index contributed by atoms with van der Waals surface area (Å²) < 4.78 is 26.8. The minimum absolute atomic E-state index is 0.227. The van der Waals surface area contributed by atoms with Gasteiger partial charge in [-0.15, -0.1) is 0 Å². The van der Waals surface area contributed by atoms with Crippen molar-refractivity contribution in [2.24, 2.45) is 0 Å². The number of rotatable bonds is 2. The highest BCUT2D eigenvalue weighted by Crippen LogP contribution is 2.21. The second-order valence-electron chi connectivity index (χ2n) is 3.70. The van der Waals surface area contributed by atoms with E-state index < -0.39 is 17.4 Å². The zero-order chi connectivity index (χ0) is 13.3. The average molecular weight is 268 g/mol. The predicted molar refractivity (Wildman–Crippen MR) is 65.7 cm³/mol. The van der Waals surface area contributed by atoms with Crippen LogP contribution < -0.4 is 5.73 Å². The average Bonchev–Trinajstić information content (AvgIpc) is 2.34. The summed E-state index contributed by atoms with van der Waals surface area (Å²) in [7, 11) is 0. The second kappa shape index (κ2) is 4.74. The predicted octanol–water partition coefficient (Wildman–Crippen LogP) is 3.43. The number of nitrogen functional groups attached to an aromatic ring is 1. The van der Waals surface area contributed by atoms with Crippen molar-refractivity contribution >= 4 is 23.1 Å². The maximum absolute atomic E-state index is 13.5. The van der Waals surface area contributed by atoms with Crippen molar-refractivity contribution in [2.45, 2.75) is 0 Å². The van der Waals surface area contributed by atoms with Gasteiger partial charge in [-0.3, -0.25) is 4.79 Å². The Hall–Kier alpha value is -1.94. The number of carbonyl (C=O) groups is 1. The quantitative estimate of drug-likeness (QED) is 0.515. The van der Waals surface area contributed by atoms with Crippen molar-refractivity contribution in [1.29, 1.82) is 0 Å². The molecule has 0 unspecified atom stereocenters. The molecule has 0 fully saturated rings. The number of halogens is 3. The van der Waals surface area contributed by atoms with Gasteiger partial charge >= 0.3 is 0 Å². The molecule has 0 aromatic heterocycles. The summed E-state index contributed by atoms with van der Waals surface area (Å²) in [6.07, 6.45) is 0. The Morgan fingerprint density at radius 3 is 2.28 bits per heavy atom. The van der Waals surface area contributed by atoms with Crippen LogP contribution in [0.1, 0.15) is 15.9 Å². The molecule has 2 N–H and O–H groups in total. The molecule has 0 aliphatic carbocycles. The molecule has 0 saturated carbocycles. The summed E-state index contributed by atoms with van der Waals surface area (Å²) in [5.74, 6) is -2.32. The first-order valence-corrected chi connectivity index (χ1v) is 5.41. The summed E-state index contributed by atoms with van der Waals surface area (Å²) in [6.45, 7) is 0. The van der Waals surface area contributed by atoms with Crippen molar-refractivity contribution in [3.63, 3.8) is 0 Å². The highest BCUT2D eigenvalue weighted by atomic mass is 35.5. The Bertz CT molecular complexity index is 611. The standard InChI is InChI=1S/C13H8ClF2NO/c14-10-6-11(15)9(5-12(10)16)13(18)7-1-3-8(17)4-2-7/h1-6H,17H2. The summed E-state index contributed by atoms with van der Waals surface area (Å²) >= 11 is 5.41. The summed E-state index contributed by atoms with van der Waals surface area (Å²) in [5, 5.41) is -0.360.